The molecule has 5 nitrogen and oxygen atoms in total. The molecule has 1 rings (SSSR count). The van der Waals surface area contributed by atoms with Gasteiger partial charge in [-0.05, 0) is 22.0 Å². The molecule has 0 aliphatic carbocycles. The van der Waals surface area contributed by atoms with Gasteiger partial charge in [-0.2, -0.15) is 13.2 Å². The van der Waals surface area contributed by atoms with Gasteiger partial charge < -0.3 is 14.8 Å². The van der Waals surface area contributed by atoms with E-state index in [2.05, 4.69) is 46.7 Å². The standard InChI is InChI=1S/C13H9Br2F4NO4/c1-23-8(21)4-7(12(22)24-2)20-11-6(16)3-5(14)9(10(11)15)13(17,18)19/h3-4,20H,1-2H3/b7-4+. The number of halogens is 6. The average molecular weight is 479 g/mol. The number of carbonyl (C=O) groups is 2. The molecule has 0 unspecified atom stereocenters. The third-order valence-electron chi connectivity index (χ3n) is 2.58. The highest BCUT2D eigenvalue weighted by molar-refractivity contribution is 9.11. The molecule has 0 saturated heterocycles. The van der Waals surface area contributed by atoms with Crippen LogP contribution in [-0.4, -0.2) is 26.2 Å². The summed E-state index contributed by atoms with van der Waals surface area (Å²) in [4.78, 5) is 22.9. The second-order valence-electron chi connectivity index (χ2n) is 4.10. The molecule has 1 aromatic rings. The fraction of sp³-hybridized carbons (Fsp3) is 0.231. The molecule has 0 amide bonds. The topological polar surface area (TPSA) is 64.6 Å². The van der Waals surface area contributed by atoms with E-state index >= 15 is 0 Å². The molecule has 0 spiro atoms. The predicted octanol–water partition coefficient (Wildman–Crippen LogP) is 4.01. The molecule has 24 heavy (non-hydrogen) atoms. The summed E-state index contributed by atoms with van der Waals surface area (Å²) in [5, 5.41) is 2.11. The van der Waals surface area contributed by atoms with Crippen molar-refractivity contribution in [1.82, 2.24) is 0 Å². The van der Waals surface area contributed by atoms with Crippen LogP contribution >= 0.6 is 31.9 Å². The Morgan fingerprint density at radius 3 is 2.25 bits per heavy atom. The van der Waals surface area contributed by atoms with Gasteiger partial charge in [0.15, 0.2) is 0 Å². The van der Waals surface area contributed by atoms with E-state index in [-0.39, 0.29) is 0 Å². The number of rotatable bonds is 4. The smallest absolute Gasteiger partial charge is 0.418 e. The van der Waals surface area contributed by atoms with E-state index in [0.29, 0.717) is 12.1 Å². The van der Waals surface area contributed by atoms with E-state index in [1.807, 2.05) is 0 Å². The summed E-state index contributed by atoms with van der Waals surface area (Å²) in [6.45, 7) is 0. The van der Waals surface area contributed by atoms with E-state index in [4.69, 9.17) is 0 Å². The third kappa shape index (κ3) is 4.69. The van der Waals surface area contributed by atoms with Crippen LogP contribution in [0.3, 0.4) is 0 Å². The fourth-order valence-electron chi connectivity index (χ4n) is 1.53. The van der Waals surface area contributed by atoms with Gasteiger partial charge in [0.05, 0.1) is 36.0 Å². The van der Waals surface area contributed by atoms with Gasteiger partial charge in [-0.25, -0.2) is 14.0 Å². The monoisotopic (exact) mass is 477 g/mol. The number of anilines is 1. The molecule has 0 heterocycles. The highest BCUT2D eigenvalue weighted by Gasteiger charge is 2.37. The number of benzene rings is 1. The number of alkyl halides is 3. The summed E-state index contributed by atoms with van der Waals surface area (Å²) < 4.78 is 60.7. The first kappa shape index (κ1) is 20.4. The van der Waals surface area contributed by atoms with Crippen LogP contribution in [0.1, 0.15) is 5.56 Å². The van der Waals surface area contributed by atoms with E-state index in [1.165, 1.54) is 0 Å². The van der Waals surface area contributed by atoms with Gasteiger partial charge >= 0.3 is 18.1 Å². The van der Waals surface area contributed by atoms with E-state index < -0.39 is 49.8 Å². The summed E-state index contributed by atoms with van der Waals surface area (Å²) in [5.41, 5.74) is -2.51. The SMILES string of the molecule is COC(=O)/C=C(/Nc1c(F)cc(Br)c(C(F)(F)F)c1Br)C(=O)OC. The molecule has 0 fully saturated rings. The van der Waals surface area contributed by atoms with Crippen molar-refractivity contribution < 1.29 is 36.6 Å². The Morgan fingerprint density at radius 2 is 1.79 bits per heavy atom. The van der Waals surface area contributed by atoms with Crippen LogP contribution < -0.4 is 5.32 Å². The minimum atomic E-state index is -4.81. The van der Waals surface area contributed by atoms with Crippen LogP contribution in [0.25, 0.3) is 0 Å². The zero-order valence-corrected chi connectivity index (χ0v) is 15.2. The minimum absolute atomic E-state index is 0.540. The molecular formula is C13H9Br2F4NO4. The number of methoxy groups -OCH3 is 2. The maximum atomic E-state index is 14.0. The Bertz CT molecular complexity index is 704. The van der Waals surface area contributed by atoms with Crippen molar-refractivity contribution in [2.75, 3.05) is 19.5 Å². The van der Waals surface area contributed by atoms with Crippen molar-refractivity contribution in [1.29, 1.82) is 0 Å². The lowest BCUT2D eigenvalue weighted by molar-refractivity contribution is -0.139. The Hall–Kier alpha value is -1.62. The van der Waals surface area contributed by atoms with Gasteiger partial charge in [0.1, 0.15) is 11.5 Å². The lowest BCUT2D eigenvalue weighted by Crippen LogP contribution is -2.18. The van der Waals surface area contributed by atoms with Gasteiger partial charge in [0.2, 0.25) is 0 Å². The highest BCUT2D eigenvalue weighted by Crippen LogP contribution is 2.44. The van der Waals surface area contributed by atoms with Crippen LogP contribution in [0.15, 0.2) is 26.8 Å². The number of carbonyl (C=O) groups excluding carboxylic acids is 2. The Balaban J connectivity index is 3.48. The van der Waals surface area contributed by atoms with Gasteiger partial charge in [-0.15, -0.1) is 0 Å². The molecule has 0 aliphatic heterocycles. The third-order valence-corrected chi connectivity index (χ3v) is 4.00. The number of hydrogen-bond donors (Lipinski definition) is 1. The second kappa shape index (κ2) is 7.97. The molecule has 0 bridgehead atoms. The average Bonchev–Trinajstić information content (AvgIpc) is 2.47. The molecule has 132 valence electrons. The van der Waals surface area contributed by atoms with Crippen LogP contribution in [0.2, 0.25) is 0 Å². The van der Waals surface area contributed by atoms with Crippen LogP contribution in [0.5, 0.6) is 0 Å². The maximum absolute atomic E-state index is 14.0. The quantitative estimate of drug-likeness (QED) is 0.402. The second-order valence-corrected chi connectivity index (χ2v) is 5.75. The van der Waals surface area contributed by atoms with Crippen molar-refractivity contribution in [2.24, 2.45) is 0 Å². The summed E-state index contributed by atoms with van der Waals surface area (Å²) >= 11 is 5.28. The molecule has 0 saturated carbocycles. The number of ether oxygens (including phenoxy) is 2. The van der Waals surface area contributed by atoms with Crippen LogP contribution in [-0.2, 0) is 25.2 Å². The number of esters is 2. The molecule has 1 N–H and O–H groups in total. The maximum Gasteiger partial charge on any atom is 0.418 e. The summed E-state index contributed by atoms with van der Waals surface area (Å²) in [7, 11) is 1.99. The van der Waals surface area contributed by atoms with E-state index in [9.17, 15) is 27.2 Å². The highest BCUT2D eigenvalue weighted by atomic mass is 79.9. The van der Waals surface area contributed by atoms with Crippen LogP contribution in [0, 0.1) is 5.82 Å². The summed E-state index contributed by atoms with van der Waals surface area (Å²) in [5.74, 6) is -3.21. The predicted molar refractivity (Wildman–Crippen MR) is 82.5 cm³/mol. The first-order valence-electron chi connectivity index (χ1n) is 5.92. The van der Waals surface area contributed by atoms with Gasteiger partial charge in [0, 0.05) is 4.47 Å². The van der Waals surface area contributed by atoms with Gasteiger partial charge in [-0.3, -0.25) is 0 Å². The van der Waals surface area contributed by atoms with Crippen molar-refractivity contribution >= 4 is 49.5 Å². The molecule has 11 heteroatoms. The Morgan fingerprint density at radius 1 is 1.21 bits per heavy atom. The molecule has 0 radical (unpaired) electrons. The molecule has 0 aliphatic rings. The molecule has 0 atom stereocenters. The van der Waals surface area contributed by atoms with E-state index in [0.717, 1.165) is 14.2 Å². The van der Waals surface area contributed by atoms with Crippen molar-refractivity contribution in [3.63, 3.8) is 0 Å². The normalized spacial score (nSPS) is 11.9. The minimum Gasteiger partial charge on any atom is -0.466 e. The molecule has 0 aromatic heterocycles. The number of nitrogens with one attached hydrogen (secondary N) is 1. The first-order valence-corrected chi connectivity index (χ1v) is 7.51. The zero-order valence-electron chi connectivity index (χ0n) is 12.1. The summed E-state index contributed by atoms with van der Waals surface area (Å²) in [6, 6.07) is 0.572. The van der Waals surface area contributed by atoms with E-state index in [1.54, 1.807) is 0 Å². The first-order chi connectivity index (χ1) is 11.0. The van der Waals surface area contributed by atoms with Crippen LogP contribution in [0.4, 0.5) is 23.2 Å². The largest absolute Gasteiger partial charge is 0.466 e. The van der Waals surface area contributed by atoms with Gasteiger partial charge in [0.25, 0.3) is 0 Å². The number of hydrogen-bond acceptors (Lipinski definition) is 5. The Kier molecular flexibility index (Phi) is 6.78. The molecular weight excluding hydrogens is 470 g/mol. The van der Waals surface area contributed by atoms with Crippen molar-refractivity contribution in [3.05, 3.63) is 38.2 Å². The molecule has 1 aromatic carbocycles. The Labute approximate surface area is 150 Å². The lowest BCUT2D eigenvalue weighted by atomic mass is 10.1. The zero-order chi connectivity index (χ0) is 18.7. The van der Waals surface area contributed by atoms with Crippen molar-refractivity contribution in [2.45, 2.75) is 6.18 Å². The summed E-state index contributed by atoms with van der Waals surface area (Å²) in [6.07, 6.45) is -4.19. The van der Waals surface area contributed by atoms with Gasteiger partial charge in [-0.1, -0.05) is 15.9 Å². The lowest BCUT2D eigenvalue weighted by Gasteiger charge is -2.17. The fourth-order valence-corrected chi connectivity index (χ4v) is 3.15. The van der Waals surface area contributed by atoms with Crippen molar-refractivity contribution in [3.8, 4) is 0 Å².